The van der Waals surface area contributed by atoms with Crippen LogP contribution in [-0.2, 0) is 9.53 Å². The molecule has 0 radical (unpaired) electrons. The summed E-state index contributed by atoms with van der Waals surface area (Å²) in [5, 5.41) is 11.5. The monoisotopic (exact) mass is 230 g/mol. The molecule has 0 aliphatic carbocycles. The molecule has 0 saturated carbocycles. The highest BCUT2D eigenvalue weighted by molar-refractivity contribution is 5.82. The van der Waals surface area contributed by atoms with Crippen molar-refractivity contribution in [2.24, 2.45) is 5.92 Å². The molecule has 1 aliphatic heterocycles. The fraction of sp³-hybridized carbons (Fsp3) is 0.800. The quantitative estimate of drug-likeness (QED) is 0.722. The van der Waals surface area contributed by atoms with E-state index in [4.69, 9.17) is 9.84 Å². The molecule has 1 rings (SSSR count). The number of nitrogens with zero attached hydrogens (tertiary/aromatic N) is 1. The van der Waals surface area contributed by atoms with Crippen LogP contribution >= 0.6 is 0 Å². The lowest BCUT2D eigenvalue weighted by Gasteiger charge is -2.29. The van der Waals surface area contributed by atoms with Gasteiger partial charge < -0.3 is 20.1 Å². The van der Waals surface area contributed by atoms with Crippen LogP contribution in [0.25, 0.3) is 0 Å². The van der Waals surface area contributed by atoms with E-state index < -0.39 is 12.0 Å². The SMILES string of the molecule is CC(C)[C@H](NC(=O)N1CCOCC1)C(=O)O. The summed E-state index contributed by atoms with van der Waals surface area (Å²) in [5.74, 6) is -1.14. The van der Waals surface area contributed by atoms with Gasteiger partial charge in [-0.2, -0.15) is 0 Å². The van der Waals surface area contributed by atoms with Crippen LogP contribution in [0.5, 0.6) is 0 Å². The van der Waals surface area contributed by atoms with Crippen LogP contribution in [-0.4, -0.2) is 54.4 Å². The zero-order valence-electron chi connectivity index (χ0n) is 9.60. The minimum atomic E-state index is -1.00. The van der Waals surface area contributed by atoms with Gasteiger partial charge in [0.2, 0.25) is 0 Å². The molecule has 0 aromatic heterocycles. The Balaban J connectivity index is 2.50. The van der Waals surface area contributed by atoms with E-state index in [1.165, 1.54) is 0 Å². The first kappa shape index (κ1) is 12.8. The van der Waals surface area contributed by atoms with Crippen molar-refractivity contribution in [2.75, 3.05) is 26.3 Å². The number of hydrogen-bond donors (Lipinski definition) is 2. The van der Waals surface area contributed by atoms with Crippen molar-refractivity contribution in [1.29, 1.82) is 0 Å². The normalized spacial score (nSPS) is 18.3. The Kier molecular flexibility index (Phi) is 4.54. The van der Waals surface area contributed by atoms with Crippen molar-refractivity contribution < 1.29 is 19.4 Å². The number of carboxylic acids is 1. The number of hydrogen-bond acceptors (Lipinski definition) is 3. The van der Waals surface area contributed by atoms with Gasteiger partial charge >= 0.3 is 12.0 Å². The van der Waals surface area contributed by atoms with Crippen LogP contribution in [0.15, 0.2) is 0 Å². The van der Waals surface area contributed by atoms with Crippen LogP contribution in [0.1, 0.15) is 13.8 Å². The number of ether oxygens (including phenoxy) is 1. The highest BCUT2D eigenvalue weighted by Gasteiger charge is 2.26. The van der Waals surface area contributed by atoms with Gasteiger partial charge in [-0.05, 0) is 5.92 Å². The van der Waals surface area contributed by atoms with Crippen molar-refractivity contribution in [3.63, 3.8) is 0 Å². The van der Waals surface area contributed by atoms with Crippen molar-refractivity contribution in [1.82, 2.24) is 10.2 Å². The lowest BCUT2D eigenvalue weighted by Crippen LogP contribution is -2.52. The Morgan fingerprint density at radius 1 is 1.31 bits per heavy atom. The molecular formula is C10H18N2O4. The predicted molar refractivity (Wildman–Crippen MR) is 57.2 cm³/mol. The van der Waals surface area contributed by atoms with Gasteiger partial charge in [0.25, 0.3) is 0 Å². The fourth-order valence-electron chi connectivity index (χ4n) is 1.50. The second-order valence-electron chi connectivity index (χ2n) is 4.11. The lowest BCUT2D eigenvalue weighted by molar-refractivity contribution is -0.140. The van der Waals surface area contributed by atoms with Crippen molar-refractivity contribution in [3.8, 4) is 0 Å². The van der Waals surface area contributed by atoms with Crippen LogP contribution < -0.4 is 5.32 Å². The number of urea groups is 1. The molecule has 2 amide bonds. The summed E-state index contributed by atoms with van der Waals surface area (Å²) in [4.78, 5) is 24.2. The Bertz CT molecular complexity index is 262. The summed E-state index contributed by atoms with van der Waals surface area (Å²) in [6.07, 6.45) is 0. The highest BCUT2D eigenvalue weighted by Crippen LogP contribution is 2.04. The third-order valence-corrected chi connectivity index (χ3v) is 2.51. The highest BCUT2D eigenvalue weighted by atomic mass is 16.5. The van der Waals surface area contributed by atoms with E-state index in [9.17, 15) is 9.59 Å². The molecule has 2 N–H and O–H groups in total. The molecular weight excluding hydrogens is 212 g/mol. The summed E-state index contributed by atoms with van der Waals surface area (Å²) in [6.45, 7) is 5.56. The fourth-order valence-corrected chi connectivity index (χ4v) is 1.50. The van der Waals surface area contributed by atoms with Gasteiger partial charge in [-0.1, -0.05) is 13.8 Å². The molecule has 1 aliphatic rings. The molecule has 0 aromatic rings. The molecule has 0 bridgehead atoms. The smallest absolute Gasteiger partial charge is 0.326 e. The second-order valence-corrected chi connectivity index (χ2v) is 4.11. The molecule has 0 unspecified atom stereocenters. The maximum atomic E-state index is 11.7. The average Bonchev–Trinajstić information content (AvgIpc) is 2.25. The molecule has 0 aromatic carbocycles. The molecule has 1 heterocycles. The lowest BCUT2D eigenvalue weighted by atomic mass is 10.1. The number of carbonyl (C=O) groups excluding carboxylic acids is 1. The zero-order chi connectivity index (χ0) is 12.1. The average molecular weight is 230 g/mol. The van der Waals surface area contributed by atoms with E-state index in [-0.39, 0.29) is 11.9 Å². The molecule has 6 heteroatoms. The summed E-state index contributed by atoms with van der Waals surface area (Å²) in [5.41, 5.74) is 0. The third kappa shape index (κ3) is 3.37. The molecule has 6 nitrogen and oxygen atoms in total. The Morgan fingerprint density at radius 2 is 1.88 bits per heavy atom. The van der Waals surface area contributed by atoms with Crippen molar-refractivity contribution >= 4 is 12.0 Å². The van der Waals surface area contributed by atoms with Gasteiger partial charge in [-0.3, -0.25) is 0 Å². The largest absolute Gasteiger partial charge is 0.480 e. The van der Waals surface area contributed by atoms with E-state index in [0.717, 1.165) is 0 Å². The van der Waals surface area contributed by atoms with Gasteiger partial charge in [0.15, 0.2) is 0 Å². The summed E-state index contributed by atoms with van der Waals surface area (Å²) >= 11 is 0. The number of rotatable bonds is 3. The first-order chi connectivity index (χ1) is 7.52. The molecule has 92 valence electrons. The molecule has 1 fully saturated rings. The van der Waals surface area contributed by atoms with Gasteiger partial charge in [-0.15, -0.1) is 0 Å². The van der Waals surface area contributed by atoms with E-state index in [1.54, 1.807) is 18.7 Å². The van der Waals surface area contributed by atoms with Gasteiger partial charge in [0.1, 0.15) is 6.04 Å². The van der Waals surface area contributed by atoms with Crippen LogP contribution in [0.2, 0.25) is 0 Å². The first-order valence-electron chi connectivity index (χ1n) is 5.38. The zero-order valence-corrected chi connectivity index (χ0v) is 9.60. The van der Waals surface area contributed by atoms with E-state index >= 15 is 0 Å². The van der Waals surface area contributed by atoms with E-state index in [0.29, 0.717) is 26.3 Å². The van der Waals surface area contributed by atoms with Gasteiger partial charge in [0.05, 0.1) is 13.2 Å². The van der Waals surface area contributed by atoms with E-state index in [2.05, 4.69) is 5.32 Å². The molecule has 1 atom stereocenters. The molecule has 1 saturated heterocycles. The van der Waals surface area contributed by atoms with Gasteiger partial charge in [0, 0.05) is 13.1 Å². The van der Waals surface area contributed by atoms with Crippen LogP contribution in [0.3, 0.4) is 0 Å². The maximum absolute atomic E-state index is 11.7. The number of carbonyl (C=O) groups is 2. The summed E-state index contributed by atoms with van der Waals surface area (Å²) in [6, 6.07) is -1.17. The minimum absolute atomic E-state index is 0.137. The van der Waals surface area contributed by atoms with Crippen LogP contribution in [0, 0.1) is 5.92 Å². The van der Waals surface area contributed by atoms with Crippen LogP contribution in [0.4, 0.5) is 4.79 Å². The summed E-state index contributed by atoms with van der Waals surface area (Å²) < 4.78 is 5.11. The number of morpholine rings is 1. The second kappa shape index (κ2) is 5.69. The number of carboxylic acid groups (broad SMARTS) is 1. The standard InChI is InChI=1S/C10H18N2O4/c1-7(2)8(9(13)14)11-10(15)12-3-5-16-6-4-12/h7-8H,3-6H2,1-2H3,(H,11,15)(H,13,14)/t8-/m0/s1. The summed E-state index contributed by atoms with van der Waals surface area (Å²) in [7, 11) is 0. The van der Waals surface area contributed by atoms with Gasteiger partial charge in [-0.25, -0.2) is 9.59 Å². The minimum Gasteiger partial charge on any atom is -0.480 e. The van der Waals surface area contributed by atoms with Crippen molar-refractivity contribution in [2.45, 2.75) is 19.9 Å². The topological polar surface area (TPSA) is 78.9 Å². The Hall–Kier alpha value is -1.30. The number of aliphatic carboxylic acids is 1. The number of amides is 2. The Morgan fingerprint density at radius 3 is 2.31 bits per heavy atom. The van der Waals surface area contributed by atoms with E-state index in [1.807, 2.05) is 0 Å². The predicted octanol–water partition coefficient (Wildman–Crippen LogP) is 0.137. The Labute approximate surface area is 94.6 Å². The first-order valence-corrected chi connectivity index (χ1v) is 5.38. The van der Waals surface area contributed by atoms with Crippen molar-refractivity contribution in [3.05, 3.63) is 0 Å². The molecule has 16 heavy (non-hydrogen) atoms. The number of nitrogens with one attached hydrogen (secondary N) is 1. The maximum Gasteiger partial charge on any atom is 0.326 e. The third-order valence-electron chi connectivity index (χ3n) is 2.51. The molecule has 0 spiro atoms.